The van der Waals surface area contributed by atoms with Gasteiger partial charge in [0, 0.05) is 44.4 Å². The Morgan fingerprint density at radius 1 is 1.12 bits per heavy atom. The van der Waals surface area contributed by atoms with E-state index in [0.717, 1.165) is 5.57 Å². The third kappa shape index (κ3) is 3.70. The summed E-state index contributed by atoms with van der Waals surface area (Å²) in [6.07, 6.45) is -0.689. The highest BCUT2D eigenvalue weighted by Gasteiger charge is 2.65. The first-order valence-corrected chi connectivity index (χ1v) is 11.4. The molecule has 4 rings (SSSR count). The summed E-state index contributed by atoms with van der Waals surface area (Å²) in [6.45, 7) is 10.3. The molecule has 1 aliphatic carbocycles. The fourth-order valence-corrected chi connectivity index (χ4v) is 6.50. The summed E-state index contributed by atoms with van der Waals surface area (Å²) in [6, 6.07) is 0. The van der Waals surface area contributed by atoms with Crippen LogP contribution in [0.2, 0.25) is 0 Å². The molecule has 3 aliphatic heterocycles. The van der Waals surface area contributed by atoms with Crippen LogP contribution in [0.1, 0.15) is 54.4 Å². The maximum atomic E-state index is 13.1. The van der Waals surface area contributed by atoms with Crippen LogP contribution in [0.4, 0.5) is 0 Å². The molecule has 1 N–H and O–H groups in total. The van der Waals surface area contributed by atoms with E-state index in [2.05, 4.69) is 0 Å². The Hall–Kier alpha value is -1.77. The SMILES string of the molecule is CC(=O)O[C@@H]1C[C@@H](OC(C)=O)[C@@](C)(O)C[C@@H]2O[C@H]3[C@@H]4[C@@H](C(=O)C=C(C)[C@@H]42)[C@@H](C)CO[C@@]13C. The zero-order valence-electron chi connectivity index (χ0n) is 19.6. The molecule has 32 heavy (non-hydrogen) atoms. The van der Waals surface area contributed by atoms with Crippen molar-refractivity contribution in [2.45, 2.75) is 90.0 Å². The number of esters is 2. The number of ether oxygens (including phenoxy) is 4. The molecule has 2 bridgehead atoms. The maximum absolute atomic E-state index is 13.1. The van der Waals surface area contributed by atoms with E-state index in [1.165, 1.54) is 13.8 Å². The van der Waals surface area contributed by atoms with Crippen molar-refractivity contribution in [3.05, 3.63) is 11.6 Å². The highest BCUT2D eigenvalue weighted by atomic mass is 16.6. The molecule has 0 spiro atoms. The molecule has 0 aromatic carbocycles. The number of allylic oxidation sites excluding steroid dienone is 1. The first-order valence-electron chi connectivity index (χ1n) is 11.4. The normalized spacial score (nSPS) is 48.0. The van der Waals surface area contributed by atoms with Gasteiger partial charge in [0.2, 0.25) is 0 Å². The second kappa shape index (κ2) is 7.92. The molecule has 4 aliphatic rings. The minimum absolute atomic E-state index is 0.0467. The van der Waals surface area contributed by atoms with Gasteiger partial charge in [0.15, 0.2) is 5.78 Å². The number of hydrogen-bond donors (Lipinski definition) is 1. The van der Waals surface area contributed by atoms with E-state index in [1.54, 1.807) is 13.0 Å². The molecule has 8 heteroatoms. The van der Waals surface area contributed by atoms with Crippen molar-refractivity contribution >= 4 is 17.7 Å². The predicted octanol–water partition coefficient (Wildman–Crippen LogP) is 1.96. The van der Waals surface area contributed by atoms with Gasteiger partial charge in [0.25, 0.3) is 0 Å². The van der Waals surface area contributed by atoms with Gasteiger partial charge in [0.1, 0.15) is 23.4 Å². The summed E-state index contributed by atoms with van der Waals surface area (Å²) < 4.78 is 24.3. The largest absolute Gasteiger partial charge is 0.459 e. The number of carbonyl (C=O) groups is 3. The highest BCUT2D eigenvalue weighted by Crippen LogP contribution is 2.56. The third-order valence-electron chi connectivity index (χ3n) is 7.95. The topological polar surface area (TPSA) is 108 Å². The Balaban J connectivity index is 1.89. The van der Waals surface area contributed by atoms with Crippen LogP contribution >= 0.6 is 0 Å². The lowest BCUT2D eigenvalue weighted by Gasteiger charge is -2.44. The Bertz CT molecular complexity index is 847. The van der Waals surface area contributed by atoms with Crippen LogP contribution in [0.3, 0.4) is 0 Å². The monoisotopic (exact) mass is 450 g/mol. The summed E-state index contributed by atoms with van der Waals surface area (Å²) in [5.74, 6) is -1.52. The molecule has 0 unspecified atom stereocenters. The van der Waals surface area contributed by atoms with Crippen LogP contribution in [-0.2, 0) is 33.3 Å². The van der Waals surface area contributed by atoms with Gasteiger partial charge in [0.05, 0.1) is 18.8 Å². The Labute approximate surface area is 188 Å². The van der Waals surface area contributed by atoms with E-state index < -0.39 is 47.6 Å². The smallest absolute Gasteiger partial charge is 0.303 e. The van der Waals surface area contributed by atoms with Crippen LogP contribution in [0, 0.1) is 23.7 Å². The minimum Gasteiger partial charge on any atom is -0.459 e. The molecule has 0 radical (unpaired) electrons. The van der Waals surface area contributed by atoms with Gasteiger partial charge in [-0.2, -0.15) is 0 Å². The Morgan fingerprint density at radius 2 is 1.75 bits per heavy atom. The fraction of sp³-hybridized carbons (Fsp3) is 0.792. The first-order chi connectivity index (χ1) is 14.8. The zero-order valence-corrected chi connectivity index (χ0v) is 19.6. The molecule has 3 saturated heterocycles. The molecule has 0 saturated carbocycles. The van der Waals surface area contributed by atoms with Crippen molar-refractivity contribution in [3.8, 4) is 0 Å². The second-order valence-electron chi connectivity index (χ2n) is 10.5. The van der Waals surface area contributed by atoms with Gasteiger partial charge in [-0.3, -0.25) is 14.4 Å². The minimum atomic E-state index is -1.43. The summed E-state index contributed by atoms with van der Waals surface area (Å²) in [7, 11) is 0. The van der Waals surface area contributed by atoms with Crippen molar-refractivity contribution in [3.63, 3.8) is 0 Å². The van der Waals surface area contributed by atoms with E-state index in [0.29, 0.717) is 6.61 Å². The molecule has 0 aromatic heterocycles. The third-order valence-corrected chi connectivity index (χ3v) is 7.95. The summed E-state index contributed by atoms with van der Waals surface area (Å²) in [5, 5.41) is 11.5. The van der Waals surface area contributed by atoms with Crippen LogP contribution in [0.25, 0.3) is 0 Å². The predicted molar refractivity (Wildman–Crippen MR) is 112 cm³/mol. The van der Waals surface area contributed by atoms with E-state index >= 15 is 0 Å². The summed E-state index contributed by atoms with van der Waals surface area (Å²) >= 11 is 0. The average molecular weight is 451 g/mol. The lowest BCUT2D eigenvalue weighted by molar-refractivity contribution is -0.207. The standard InChI is InChI=1S/C24H34O8/c1-11-7-15(27)19-12(2)10-29-24(6)18(31-14(4)26)8-17(30-13(3)25)23(5,28)9-16-20(11)21(19)22(24)32-16/h7,12,16-22,28H,8-10H2,1-6H3/t12-,16-,17+,18+,19+,20+,21+,22-,23-,24-/m0/s1. The molecular weight excluding hydrogens is 416 g/mol. The number of aliphatic hydroxyl groups is 1. The quantitative estimate of drug-likeness (QED) is 0.636. The summed E-state index contributed by atoms with van der Waals surface area (Å²) in [5.41, 5.74) is -1.59. The van der Waals surface area contributed by atoms with Crippen molar-refractivity contribution in [2.75, 3.05) is 6.61 Å². The van der Waals surface area contributed by atoms with E-state index in [4.69, 9.17) is 18.9 Å². The van der Waals surface area contributed by atoms with Crippen LogP contribution in [-0.4, -0.2) is 65.1 Å². The zero-order chi connectivity index (χ0) is 23.6. The van der Waals surface area contributed by atoms with Crippen LogP contribution in [0.5, 0.6) is 0 Å². The number of carbonyl (C=O) groups excluding carboxylic acids is 3. The molecule has 3 heterocycles. The summed E-state index contributed by atoms with van der Waals surface area (Å²) in [4.78, 5) is 37.0. The Morgan fingerprint density at radius 3 is 2.38 bits per heavy atom. The van der Waals surface area contributed by atoms with E-state index in [9.17, 15) is 19.5 Å². The van der Waals surface area contributed by atoms with Gasteiger partial charge >= 0.3 is 11.9 Å². The lowest BCUT2D eigenvalue weighted by Crippen LogP contribution is -2.58. The lowest BCUT2D eigenvalue weighted by atomic mass is 9.62. The molecule has 10 atom stereocenters. The second-order valence-corrected chi connectivity index (χ2v) is 10.5. The number of hydrogen-bond acceptors (Lipinski definition) is 8. The van der Waals surface area contributed by atoms with Crippen molar-refractivity contribution in [1.82, 2.24) is 0 Å². The number of ketones is 1. The fourth-order valence-electron chi connectivity index (χ4n) is 6.50. The number of fused-ring (bicyclic) bond motifs is 2. The molecule has 178 valence electrons. The van der Waals surface area contributed by atoms with E-state index in [-0.39, 0.29) is 42.3 Å². The number of rotatable bonds is 2. The first kappa shape index (κ1) is 23.4. The van der Waals surface area contributed by atoms with Gasteiger partial charge in [-0.05, 0) is 32.8 Å². The van der Waals surface area contributed by atoms with Gasteiger partial charge in [-0.25, -0.2) is 0 Å². The molecule has 0 aromatic rings. The van der Waals surface area contributed by atoms with E-state index in [1.807, 2.05) is 20.8 Å². The van der Waals surface area contributed by atoms with Gasteiger partial charge in [-0.1, -0.05) is 12.5 Å². The molecule has 3 fully saturated rings. The molecule has 0 amide bonds. The highest BCUT2D eigenvalue weighted by molar-refractivity contribution is 5.94. The van der Waals surface area contributed by atoms with Crippen molar-refractivity contribution in [2.24, 2.45) is 23.7 Å². The molecular formula is C24H34O8. The molecule has 8 nitrogen and oxygen atoms in total. The maximum Gasteiger partial charge on any atom is 0.303 e. The van der Waals surface area contributed by atoms with Crippen molar-refractivity contribution in [1.29, 1.82) is 0 Å². The van der Waals surface area contributed by atoms with Crippen LogP contribution in [0.15, 0.2) is 11.6 Å². The van der Waals surface area contributed by atoms with Crippen molar-refractivity contribution < 1.29 is 38.4 Å². The van der Waals surface area contributed by atoms with Crippen LogP contribution < -0.4 is 0 Å². The average Bonchev–Trinajstić information content (AvgIpc) is 2.98. The Kier molecular flexibility index (Phi) is 5.79. The van der Waals surface area contributed by atoms with Gasteiger partial charge in [-0.15, -0.1) is 0 Å². The van der Waals surface area contributed by atoms with Gasteiger partial charge < -0.3 is 24.1 Å².